The van der Waals surface area contributed by atoms with Gasteiger partial charge in [0.2, 0.25) is 0 Å². The van der Waals surface area contributed by atoms with Crippen molar-refractivity contribution in [3.05, 3.63) is 59.5 Å². The lowest BCUT2D eigenvalue weighted by atomic mass is 10.1. The standard InChI is InChI=1S/C17H17NO4/c19-14(15-9-5-11-22-15)8-3-4-10-18-16(20)12-6-1-2-7-13(12)17(18)21/h1-2,5-7,9,11,14,19H,3-4,8,10H2. The average molecular weight is 299 g/mol. The van der Waals surface area contributed by atoms with Crippen LogP contribution >= 0.6 is 0 Å². The van der Waals surface area contributed by atoms with E-state index in [1.807, 2.05) is 0 Å². The monoisotopic (exact) mass is 299 g/mol. The molecule has 2 aromatic rings. The molecule has 1 aliphatic heterocycles. The molecule has 5 heteroatoms. The zero-order valence-electron chi connectivity index (χ0n) is 12.1. The van der Waals surface area contributed by atoms with Crippen LogP contribution in [0.15, 0.2) is 47.1 Å². The second-order valence-corrected chi connectivity index (χ2v) is 5.33. The highest BCUT2D eigenvalue weighted by molar-refractivity contribution is 6.21. The van der Waals surface area contributed by atoms with Gasteiger partial charge in [0.25, 0.3) is 11.8 Å². The highest BCUT2D eigenvalue weighted by Crippen LogP contribution is 2.24. The summed E-state index contributed by atoms with van der Waals surface area (Å²) in [4.78, 5) is 25.6. The Morgan fingerprint density at radius 3 is 2.27 bits per heavy atom. The molecule has 2 heterocycles. The largest absolute Gasteiger partial charge is 0.467 e. The van der Waals surface area contributed by atoms with Crippen molar-refractivity contribution in [3.63, 3.8) is 0 Å². The van der Waals surface area contributed by atoms with Gasteiger partial charge >= 0.3 is 0 Å². The first-order chi connectivity index (χ1) is 10.7. The first-order valence-electron chi connectivity index (χ1n) is 7.35. The predicted molar refractivity (Wildman–Crippen MR) is 79.3 cm³/mol. The molecule has 5 nitrogen and oxygen atoms in total. The van der Waals surface area contributed by atoms with Crippen molar-refractivity contribution in [2.75, 3.05) is 6.54 Å². The Morgan fingerprint density at radius 2 is 1.68 bits per heavy atom. The van der Waals surface area contributed by atoms with E-state index in [0.717, 1.165) is 0 Å². The van der Waals surface area contributed by atoms with Crippen LogP contribution in [-0.4, -0.2) is 28.4 Å². The molecule has 0 fully saturated rings. The molecule has 0 spiro atoms. The van der Waals surface area contributed by atoms with E-state index in [1.165, 1.54) is 11.2 Å². The summed E-state index contributed by atoms with van der Waals surface area (Å²) in [5.41, 5.74) is 0.950. The molecule has 0 saturated heterocycles. The van der Waals surface area contributed by atoms with Gasteiger partial charge in [0.1, 0.15) is 11.9 Å². The summed E-state index contributed by atoms with van der Waals surface area (Å²) in [6, 6.07) is 10.3. The summed E-state index contributed by atoms with van der Waals surface area (Å²) in [6.45, 7) is 0.372. The molecule has 1 atom stereocenters. The third kappa shape index (κ3) is 2.67. The van der Waals surface area contributed by atoms with E-state index < -0.39 is 6.10 Å². The number of carbonyl (C=O) groups excluding carboxylic acids is 2. The summed E-state index contributed by atoms with van der Waals surface area (Å²) >= 11 is 0. The van der Waals surface area contributed by atoms with Crippen molar-refractivity contribution in [1.82, 2.24) is 4.90 Å². The van der Waals surface area contributed by atoms with Gasteiger partial charge in [-0.1, -0.05) is 12.1 Å². The van der Waals surface area contributed by atoms with Crippen molar-refractivity contribution in [2.24, 2.45) is 0 Å². The zero-order chi connectivity index (χ0) is 15.5. The lowest BCUT2D eigenvalue weighted by Gasteiger charge is -2.14. The average Bonchev–Trinajstić information content (AvgIpc) is 3.14. The molecular formula is C17H17NO4. The van der Waals surface area contributed by atoms with Crippen molar-refractivity contribution in [3.8, 4) is 0 Å². The van der Waals surface area contributed by atoms with Crippen molar-refractivity contribution < 1.29 is 19.1 Å². The van der Waals surface area contributed by atoms with E-state index in [4.69, 9.17) is 4.42 Å². The molecule has 1 aromatic heterocycles. The predicted octanol–water partition coefficient (Wildman–Crippen LogP) is 2.78. The Kier molecular flexibility index (Phi) is 4.06. The number of amides is 2. The van der Waals surface area contributed by atoms with Crippen LogP contribution in [0, 0.1) is 0 Å². The SMILES string of the molecule is O=C1c2ccccc2C(=O)N1CCCCC(O)c1ccco1. The molecule has 0 bridgehead atoms. The fourth-order valence-electron chi connectivity index (χ4n) is 2.67. The summed E-state index contributed by atoms with van der Waals surface area (Å²) < 4.78 is 5.13. The van der Waals surface area contributed by atoms with Gasteiger partial charge in [0.15, 0.2) is 0 Å². The molecule has 1 N–H and O–H groups in total. The number of furan rings is 1. The summed E-state index contributed by atoms with van der Waals surface area (Å²) in [5, 5.41) is 9.91. The Balaban J connectivity index is 1.51. The summed E-state index contributed by atoms with van der Waals surface area (Å²) in [7, 11) is 0. The highest BCUT2D eigenvalue weighted by Gasteiger charge is 2.34. The molecule has 114 valence electrons. The Labute approximate surface area is 128 Å². The Hall–Kier alpha value is -2.40. The first-order valence-corrected chi connectivity index (χ1v) is 7.35. The number of benzene rings is 1. The number of hydrogen-bond donors (Lipinski definition) is 1. The molecule has 3 rings (SSSR count). The Morgan fingerprint density at radius 1 is 1.00 bits per heavy atom. The summed E-state index contributed by atoms with van der Waals surface area (Å²) in [6.07, 6.45) is 2.78. The van der Waals surface area contributed by atoms with Crippen molar-refractivity contribution in [2.45, 2.75) is 25.4 Å². The van der Waals surface area contributed by atoms with Gasteiger partial charge in [-0.25, -0.2) is 0 Å². The molecule has 0 radical (unpaired) electrons. The minimum atomic E-state index is -0.642. The van der Waals surface area contributed by atoms with Gasteiger partial charge in [0.05, 0.1) is 17.4 Å². The number of hydrogen-bond acceptors (Lipinski definition) is 4. The second kappa shape index (κ2) is 6.15. The summed E-state index contributed by atoms with van der Waals surface area (Å²) in [5.74, 6) is 0.0834. The van der Waals surface area contributed by atoms with E-state index in [2.05, 4.69) is 0 Å². The van der Waals surface area contributed by atoms with Crippen molar-refractivity contribution in [1.29, 1.82) is 0 Å². The molecule has 22 heavy (non-hydrogen) atoms. The normalized spacial score (nSPS) is 15.2. The molecule has 0 saturated carbocycles. The fourth-order valence-corrected chi connectivity index (χ4v) is 2.67. The lowest BCUT2D eigenvalue weighted by Crippen LogP contribution is -2.30. The van der Waals surface area contributed by atoms with E-state index in [-0.39, 0.29) is 11.8 Å². The van der Waals surface area contributed by atoms with E-state index in [9.17, 15) is 14.7 Å². The smallest absolute Gasteiger partial charge is 0.261 e. The number of aliphatic hydroxyl groups excluding tert-OH is 1. The number of fused-ring (bicyclic) bond motifs is 1. The van der Waals surface area contributed by atoms with Gasteiger partial charge in [0, 0.05) is 6.54 Å². The van der Waals surface area contributed by atoms with Crippen LogP contribution < -0.4 is 0 Å². The van der Waals surface area contributed by atoms with Crippen molar-refractivity contribution >= 4 is 11.8 Å². The van der Waals surface area contributed by atoms with Crippen LogP contribution in [0.1, 0.15) is 51.8 Å². The van der Waals surface area contributed by atoms with Gasteiger partial charge in [-0.3, -0.25) is 14.5 Å². The topological polar surface area (TPSA) is 70.8 Å². The van der Waals surface area contributed by atoms with Crippen LogP contribution in [0.3, 0.4) is 0 Å². The second-order valence-electron chi connectivity index (χ2n) is 5.33. The number of nitrogens with zero attached hydrogens (tertiary/aromatic N) is 1. The minimum Gasteiger partial charge on any atom is -0.467 e. The maximum atomic E-state index is 12.2. The number of unbranched alkanes of at least 4 members (excludes halogenated alkanes) is 1. The zero-order valence-corrected chi connectivity index (χ0v) is 12.1. The fraction of sp³-hybridized carbons (Fsp3) is 0.294. The number of rotatable bonds is 6. The molecule has 2 amide bonds. The number of aliphatic hydroxyl groups is 1. The van der Waals surface area contributed by atoms with Gasteiger partial charge < -0.3 is 9.52 Å². The number of carbonyl (C=O) groups is 2. The molecule has 1 aromatic carbocycles. The van der Waals surface area contributed by atoms with Crippen LogP contribution in [-0.2, 0) is 0 Å². The maximum absolute atomic E-state index is 12.2. The minimum absolute atomic E-state index is 0.229. The van der Waals surface area contributed by atoms with Gasteiger partial charge in [-0.05, 0) is 43.5 Å². The third-order valence-electron chi connectivity index (χ3n) is 3.86. The van der Waals surface area contributed by atoms with Gasteiger partial charge in [-0.15, -0.1) is 0 Å². The van der Waals surface area contributed by atoms with E-state index in [1.54, 1.807) is 36.4 Å². The van der Waals surface area contributed by atoms with Crippen LogP contribution in [0.25, 0.3) is 0 Å². The van der Waals surface area contributed by atoms with Crippen LogP contribution in [0.4, 0.5) is 0 Å². The molecule has 1 aliphatic rings. The van der Waals surface area contributed by atoms with Crippen LogP contribution in [0.5, 0.6) is 0 Å². The van der Waals surface area contributed by atoms with E-state index in [0.29, 0.717) is 42.7 Å². The third-order valence-corrected chi connectivity index (χ3v) is 3.86. The lowest BCUT2D eigenvalue weighted by molar-refractivity contribution is 0.0648. The Bertz CT molecular complexity index is 643. The number of imide groups is 1. The quantitative estimate of drug-likeness (QED) is 0.657. The van der Waals surface area contributed by atoms with Gasteiger partial charge in [-0.2, -0.15) is 0 Å². The molecule has 0 aliphatic carbocycles. The highest BCUT2D eigenvalue weighted by atomic mass is 16.4. The maximum Gasteiger partial charge on any atom is 0.261 e. The molecular weight excluding hydrogens is 282 g/mol. The first kappa shape index (κ1) is 14.5. The molecule has 1 unspecified atom stereocenters. The van der Waals surface area contributed by atoms with E-state index >= 15 is 0 Å². The van der Waals surface area contributed by atoms with Crippen LogP contribution in [0.2, 0.25) is 0 Å².